The van der Waals surface area contributed by atoms with Crippen molar-refractivity contribution in [2.24, 2.45) is 10.7 Å². The van der Waals surface area contributed by atoms with Crippen molar-refractivity contribution in [1.82, 2.24) is 9.61 Å². The molecule has 0 spiro atoms. The zero-order valence-electron chi connectivity index (χ0n) is 16.5. The first-order valence-electron chi connectivity index (χ1n) is 8.86. The third-order valence-electron chi connectivity index (χ3n) is 4.48. The van der Waals surface area contributed by atoms with E-state index in [0.717, 1.165) is 27.8 Å². The lowest BCUT2D eigenvalue weighted by atomic mass is 10.1. The summed E-state index contributed by atoms with van der Waals surface area (Å²) in [5, 5.41) is 4.63. The van der Waals surface area contributed by atoms with Crippen molar-refractivity contribution in [2.45, 2.75) is 13.8 Å². The van der Waals surface area contributed by atoms with Crippen LogP contribution in [0.2, 0.25) is 0 Å². The van der Waals surface area contributed by atoms with Crippen LogP contribution in [0.15, 0.2) is 41.1 Å². The number of ether oxygens (including phenoxy) is 1. The molecule has 7 heteroatoms. The summed E-state index contributed by atoms with van der Waals surface area (Å²) in [6.07, 6.45) is 4.45. The Morgan fingerprint density at radius 1 is 1.22 bits per heavy atom. The predicted octanol–water partition coefficient (Wildman–Crippen LogP) is 2.09. The first-order valence-corrected chi connectivity index (χ1v) is 8.86. The molecule has 2 aromatic heterocycles. The van der Waals surface area contributed by atoms with E-state index in [9.17, 15) is 4.79 Å². The molecule has 0 fully saturated rings. The van der Waals surface area contributed by atoms with Gasteiger partial charge in [-0.25, -0.2) is 9.51 Å². The number of ketones is 1. The Bertz CT molecular complexity index is 990. The van der Waals surface area contributed by atoms with Gasteiger partial charge in [-0.1, -0.05) is 6.07 Å². The number of nitrogens with two attached hydrogens (primary N) is 1. The van der Waals surface area contributed by atoms with E-state index in [0.29, 0.717) is 29.6 Å². The fourth-order valence-corrected chi connectivity index (χ4v) is 2.67. The Labute approximate surface area is 159 Å². The van der Waals surface area contributed by atoms with Crippen LogP contribution in [-0.2, 0) is 4.79 Å². The number of rotatable bonds is 5. The molecule has 142 valence electrons. The third kappa shape index (κ3) is 4.09. The van der Waals surface area contributed by atoms with E-state index in [1.807, 2.05) is 30.5 Å². The van der Waals surface area contributed by atoms with Crippen molar-refractivity contribution >= 4 is 22.7 Å². The number of carbonyl (C=O) groups excluding carboxylic acids is 1. The maximum absolute atomic E-state index is 11.5. The van der Waals surface area contributed by atoms with Crippen LogP contribution < -0.4 is 10.5 Å². The number of hydrogen-bond donors (Lipinski definition) is 1. The molecule has 1 aliphatic rings. The molecule has 0 aliphatic heterocycles. The molecule has 0 bridgehead atoms. The van der Waals surface area contributed by atoms with Crippen molar-refractivity contribution < 1.29 is 14.0 Å². The molecule has 27 heavy (non-hydrogen) atoms. The van der Waals surface area contributed by atoms with E-state index in [1.165, 1.54) is 12.2 Å². The summed E-state index contributed by atoms with van der Waals surface area (Å²) in [5.74, 6) is 0.319. The van der Waals surface area contributed by atoms with E-state index < -0.39 is 0 Å². The van der Waals surface area contributed by atoms with E-state index in [-0.39, 0.29) is 5.78 Å². The van der Waals surface area contributed by atoms with Crippen molar-refractivity contribution in [3.8, 4) is 5.88 Å². The number of quaternary nitrogens is 1. The lowest BCUT2D eigenvalue weighted by molar-refractivity contribution is -0.870. The van der Waals surface area contributed by atoms with E-state index in [1.54, 1.807) is 6.08 Å². The van der Waals surface area contributed by atoms with Crippen molar-refractivity contribution in [3.63, 3.8) is 0 Å². The molecule has 1 aliphatic carbocycles. The highest BCUT2D eigenvalue weighted by atomic mass is 16.5. The Morgan fingerprint density at radius 3 is 2.63 bits per heavy atom. The molecule has 0 saturated carbocycles. The minimum atomic E-state index is -0.141. The van der Waals surface area contributed by atoms with Crippen molar-refractivity contribution in [3.05, 3.63) is 47.3 Å². The number of aliphatic imine (C=N–C) groups is 1. The molecule has 2 N–H and O–H groups in total. The van der Waals surface area contributed by atoms with E-state index >= 15 is 0 Å². The summed E-state index contributed by atoms with van der Waals surface area (Å²) >= 11 is 0. The van der Waals surface area contributed by atoms with Gasteiger partial charge in [-0.2, -0.15) is 0 Å². The van der Waals surface area contributed by atoms with Gasteiger partial charge in [0.2, 0.25) is 0 Å². The smallest absolute Gasteiger partial charge is 0.260 e. The van der Waals surface area contributed by atoms with Gasteiger partial charge in [0.1, 0.15) is 13.2 Å². The standard InChI is InChI=1S/C20H25N5O2/c1-13-6-9-18-19(22-17-8-7-15(26)12-16(17)21)20(23-24(18)14(13)2)27-11-10-25(3,4)5/h6-9,12H,10-11H2,1-5H3,(H-,21,26)/p+1/b22-17+. The van der Waals surface area contributed by atoms with Crippen LogP contribution in [0.25, 0.3) is 5.52 Å². The maximum Gasteiger partial charge on any atom is 0.260 e. The molecule has 0 aromatic carbocycles. The topological polar surface area (TPSA) is 82.0 Å². The summed E-state index contributed by atoms with van der Waals surface area (Å²) in [6.45, 7) is 5.40. The van der Waals surface area contributed by atoms with Gasteiger partial charge in [0.15, 0.2) is 11.5 Å². The second-order valence-corrected chi connectivity index (χ2v) is 7.75. The van der Waals surface area contributed by atoms with Crippen LogP contribution in [0.1, 0.15) is 11.3 Å². The number of aryl methyl sites for hydroxylation is 2. The molecular weight excluding hydrogens is 342 g/mol. The Kier molecular flexibility index (Phi) is 4.89. The molecule has 3 rings (SSSR count). The number of likely N-dealkylation sites (N-methyl/N-ethyl adjacent to an activating group) is 1. The van der Waals surface area contributed by atoms with Gasteiger partial charge >= 0.3 is 0 Å². The summed E-state index contributed by atoms with van der Waals surface area (Å²) in [4.78, 5) is 16.2. The quantitative estimate of drug-likeness (QED) is 0.647. The van der Waals surface area contributed by atoms with Crippen LogP contribution in [0, 0.1) is 13.8 Å². The highest BCUT2D eigenvalue weighted by Gasteiger charge is 2.19. The second kappa shape index (κ2) is 7.00. The summed E-state index contributed by atoms with van der Waals surface area (Å²) in [7, 11) is 6.32. The average Bonchev–Trinajstić information content (AvgIpc) is 2.91. The van der Waals surface area contributed by atoms with Gasteiger partial charge in [0.25, 0.3) is 5.88 Å². The monoisotopic (exact) mass is 368 g/mol. The highest BCUT2D eigenvalue weighted by molar-refractivity contribution is 6.20. The number of fused-ring (bicyclic) bond motifs is 1. The average molecular weight is 368 g/mol. The first-order chi connectivity index (χ1) is 12.7. The third-order valence-corrected chi connectivity index (χ3v) is 4.48. The Hall–Kier alpha value is -2.93. The number of pyridine rings is 1. The van der Waals surface area contributed by atoms with Gasteiger partial charge in [-0.3, -0.25) is 4.79 Å². The van der Waals surface area contributed by atoms with Crippen molar-refractivity contribution in [2.75, 3.05) is 34.3 Å². The fraction of sp³-hybridized carbons (Fsp3) is 0.350. The zero-order valence-corrected chi connectivity index (χ0v) is 16.5. The normalized spacial score (nSPS) is 16.3. The number of allylic oxidation sites excluding steroid dienone is 3. The second-order valence-electron chi connectivity index (χ2n) is 7.75. The minimum Gasteiger partial charge on any atom is -0.469 e. The van der Waals surface area contributed by atoms with Crippen LogP contribution in [0.4, 0.5) is 5.69 Å². The molecule has 0 radical (unpaired) electrons. The Balaban J connectivity index is 2.07. The maximum atomic E-state index is 11.5. The van der Waals surface area contributed by atoms with Gasteiger partial charge in [-0.05, 0) is 37.6 Å². The molecule has 0 atom stereocenters. The number of carbonyl (C=O) groups is 1. The molecule has 2 aromatic rings. The molecule has 7 nitrogen and oxygen atoms in total. The van der Waals surface area contributed by atoms with Crippen LogP contribution >= 0.6 is 0 Å². The summed E-state index contributed by atoms with van der Waals surface area (Å²) in [6, 6.07) is 4.00. The van der Waals surface area contributed by atoms with Gasteiger partial charge in [0, 0.05) is 11.8 Å². The summed E-state index contributed by atoms with van der Waals surface area (Å²) < 4.78 is 8.61. The molecular formula is C20H26N5O2+. The largest absolute Gasteiger partial charge is 0.469 e. The minimum absolute atomic E-state index is 0.141. The predicted molar refractivity (Wildman–Crippen MR) is 107 cm³/mol. The van der Waals surface area contributed by atoms with E-state index in [2.05, 4.69) is 31.2 Å². The molecule has 0 saturated heterocycles. The number of nitrogens with zero attached hydrogens (tertiary/aromatic N) is 4. The van der Waals surface area contributed by atoms with Gasteiger partial charge in [-0.15, -0.1) is 5.10 Å². The number of hydrogen-bond acceptors (Lipinski definition) is 5. The van der Waals surface area contributed by atoms with Gasteiger partial charge < -0.3 is 15.0 Å². The van der Waals surface area contributed by atoms with Crippen LogP contribution in [0.5, 0.6) is 5.88 Å². The van der Waals surface area contributed by atoms with Crippen LogP contribution in [0.3, 0.4) is 0 Å². The van der Waals surface area contributed by atoms with E-state index in [4.69, 9.17) is 10.5 Å². The number of aromatic nitrogens is 2. The zero-order chi connectivity index (χ0) is 19.8. The lowest BCUT2D eigenvalue weighted by Crippen LogP contribution is -2.38. The lowest BCUT2D eigenvalue weighted by Gasteiger charge is -2.23. The molecule has 0 unspecified atom stereocenters. The Morgan fingerprint density at radius 2 is 1.96 bits per heavy atom. The SMILES string of the molecule is Cc1ccc2c(/N=C3\C=CC(=O)C=C3N)c(OCC[N+](C)(C)C)nn2c1C. The van der Waals surface area contributed by atoms with Crippen LogP contribution in [-0.4, -0.2) is 59.9 Å². The molecule has 0 amide bonds. The van der Waals surface area contributed by atoms with Gasteiger partial charge in [0.05, 0.1) is 38.1 Å². The first kappa shape index (κ1) is 18.8. The van der Waals surface area contributed by atoms with Crippen molar-refractivity contribution in [1.29, 1.82) is 0 Å². The highest BCUT2D eigenvalue weighted by Crippen LogP contribution is 2.34. The molecule has 2 heterocycles. The summed E-state index contributed by atoms with van der Waals surface area (Å²) in [5.41, 5.74) is 10.4. The fourth-order valence-electron chi connectivity index (χ4n) is 2.67.